The van der Waals surface area contributed by atoms with Gasteiger partial charge in [-0.15, -0.1) is 5.10 Å². The second kappa shape index (κ2) is 9.58. The molecule has 0 fully saturated rings. The molecule has 1 aliphatic rings. The van der Waals surface area contributed by atoms with Gasteiger partial charge in [0.15, 0.2) is 0 Å². The van der Waals surface area contributed by atoms with Crippen molar-refractivity contribution in [2.24, 2.45) is 0 Å². The van der Waals surface area contributed by atoms with Crippen molar-refractivity contribution in [1.82, 2.24) is 14.8 Å². The molecule has 0 aliphatic carbocycles. The fourth-order valence-electron chi connectivity index (χ4n) is 3.73. The Morgan fingerprint density at radius 1 is 1.12 bits per heavy atom. The molecule has 2 heterocycles. The van der Waals surface area contributed by atoms with E-state index in [1.54, 1.807) is 4.68 Å². The predicted octanol–water partition coefficient (Wildman–Crippen LogP) is 3.59. The smallest absolute Gasteiger partial charge is 0.250 e. The topological polar surface area (TPSA) is 112 Å². The van der Waals surface area contributed by atoms with E-state index in [9.17, 15) is 14.7 Å². The molecule has 1 amide bonds. The van der Waals surface area contributed by atoms with Gasteiger partial charge in [0.05, 0.1) is 12.1 Å². The number of aromatic nitrogens is 3. The summed E-state index contributed by atoms with van der Waals surface area (Å²) in [4.78, 5) is 27.1. The molecule has 0 spiro atoms. The molecule has 0 bridgehead atoms. The minimum atomic E-state index is -1.19. The number of benzene rings is 2. The highest BCUT2D eigenvalue weighted by Crippen LogP contribution is 2.40. The van der Waals surface area contributed by atoms with Crippen LogP contribution in [0.3, 0.4) is 0 Å². The number of carboxylic acid groups (broad SMARTS) is 1. The van der Waals surface area contributed by atoms with E-state index in [4.69, 9.17) is 23.2 Å². The number of halogens is 2. The minimum Gasteiger partial charge on any atom is -0.550 e. The van der Waals surface area contributed by atoms with E-state index < -0.39 is 5.97 Å². The zero-order valence-corrected chi connectivity index (χ0v) is 18.4. The number of hydrogen-bond donors (Lipinski definition) is 2. The summed E-state index contributed by atoms with van der Waals surface area (Å²) in [7, 11) is 0. The molecule has 0 radical (unpaired) electrons. The second-order valence-electron chi connectivity index (χ2n) is 7.50. The van der Waals surface area contributed by atoms with Crippen LogP contribution in [0, 0.1) is 0 Å². The Balaban J connectivity index is 1.61. The van der Waals surface area contributed by atoms with E-state index in [-0.39, 0.29) is 43.2 Å². The van der Waals surface area contributed by atoms with Gasteiger partial charge in [-0.2, -0.15) is 4.98 Å². The molecular weight excluding hydrogens is 453 g/mol. The summed E-state index contributed by atoms with van der Waals surface area (Å²) < 4.78 is 1.71. The van der Waals surface area contributed by atoms with E-state index in [2.05, 4.69) is 20.7 Å². The molecule has 166 valence electrons. The molecule has 8 nitrogen and oxygen atoms in total. The van der Waals surface area contributed by atoms with Gasteiger partial charge in [0.1, 0.15) is 0 Å². The number of anilines is 2. The Labute approximate surface area is 194 Å². The maximum absolute atomic E-state index is 12.2. The van der Waals surface area contributed by atoms with E-state index >= 15 is 0 Å². The van der Waals surface area contributed by atoms with Crippen molar-refractivity contribution >= 4 is 47.0 Å². The van der Waals surface area contributed by atoms with Gasteiger partial charge in [-0.25, -0.2) is 4.68 Å². The third kappa shape index (κ3) is 5.03. The summed E-state index contributed by atoms with van der Waals surface area (Å²) in [5.41, 5.74) is 1.93. The Hall–Kier alpha value is -3.10. The normalized spacial score (nSPS) is 17.3. The Kier molecular flexibility index (Phi) is 6.62. The van der Waals surface area contributed by atoms with Crippen LogP contribution in [-0.2, 0) is 9.59 Å². The van der Waals surface area contributed by atoms with Crippen molar-refractivity contribution in [2.45, 2.75) is 37.8 Å². The molecule has 2 aromatic carbocycles. The molecule has 3 aromatic rings. The van der Waals surface area contributed by atoms with Gasteiger partial charge in [0.25, 0.3) is 5.95 Å². The molecular formula is C22H20Cl2N5O3-. The van der Waals surface area contributed by atoms with Gasteiger partial charge in [-0.1, -0.05) is 53.5 Å². The van der Waals surface area contributed by atoms with Crippen LogP contribution in [-0.4, -0.2) is 26.6 Å². The summed E-state index contributed by atoms with van der Waals surface area (Å²) in [6, 6.07) is 14.8. The Bertz CT molecular complexity index is 1130. The number of nitrogens with one attached hydrogen (secondary N) is 2. The summed E-state index contributed by atoms with van der Waals surface area (Å²) >= 11 is 12.5. The molecule has 2 atom stereocenters. The Morgan fingerprint density at radius 2 is 1.88 bits per heavy atom. The highest BCUT2D eigenvalue weighted by atomic mass is 35.5. The zero-order chi connectivity index (χ0) is 22.7. The number of carboxylic acids is 1. The molecule has 4 rings (SSSR count). The average molecular weight is 473 g/mol. The van der Waals surface area contributed by atoms with Gasteiger partial charge >= 0.3 is 0 Å². The number of fused-ring (bicyclic) bond motifs is 1. The summed E-state index contributed by atoms with van der Waals surface area (Å²) in [6.45, 7) is 0. The first-order valence-electron chi connectivity index (χ1n) is 10.1. The van der Waals surface area contributed by atoms with Crippen LogP contribution >= 0.6 is 23.2 Å². The fourth-order valence-corrected chi connectivity index (χ4v) is 4.12. The lowest BCUT2D eigenvalue weighted by Crippen LogP contribution is -2.28. The zero-order valence-electron chi connectivity index (χ0n) is 16.9. The number of carbonyl (C=O) groups is 2. The van der Waals surface area contributed by atoms with Gasteiger partial charge in [0, 0.05) is 22.4 Å². The molecule has 1 aliphatic heterocycles. The van der Waals surface area contributed by atoms with Gasteiger partial charge < -0.3 is 15.2 Å². The maximum atomic E-state index is 12.2. The van der Waals surface area contributed by atoms with E-state index in [0.717, 1.165) is 11.1 Å². The van der Waals surface area contributed by atoms with Crippen molar-refractivity contribution in [1.29, 1.82) is 0 Å². The first-order chi connectivity index (χ1) is 15.4. The van der Waals surface area contributed by atoms with Gasteiger partial charge in [0.2, 0.25) is 11.9 Å². The van der Waals surface area contributed by atoms with Crippen LogP contribution in [0.25, 0.3) is 0 Å². The van der Waals surface area contributed by atoms with Crippen molar-refractivity contribution in [3.63, 3.8) is 0 Å². The average Bonchev–Trinajstić information content (AvgIpc) is 3.16. The first kappa shape index (κ1) is 22.1. The minimum absolute atomic E-state index is 0.0343. The number of rotatable bonds is 7. The van der Waals surface area contributed by atoms with Crippen molar-refractivity contribution in [3.05, 3.63) is 69.7 Å². The van der Waals surface area contributed by atoms with Crippen LogP contribution in [0.4, 0.5) is 11.9 Å². The van der Waals surface area contributed by atoms with E-state index in [1.165, 1.54) is 0 Å². The molecule has 1 aromatic heterocycles. The van der Waals surface area contributed by atoms with Crippen molar-refractivity contribution in [2.75, 3.05) is 10.6 Å². The fraction of sp³-hybridized carbons (Fsp3) is 0.273. The number of hydrogen-bond acceptors (Lipinski definition) is 6. The molecule has 2 N–H and O–H groups in total. The predicted molar refractivity (Wildman–Crippen MR) is 120 cm³/mol. The highest BCUT2D eigenvalue weighted by Gasteiger charge is 2.32. The SMILES string of the molecule is O=C([O-])CCCC(=O)Nc1nc2n(n1)[C@@H](c1ccccc1Cl)C[C@@H](c1ccc(Cl)cc1)N2. The van der Waals surface area contributed by atoms with Crippen LogP contribution in [0.5, 0.6) is 0 Å². The maximum Gasteiger partial charge on any atom is 0.250 e. The van der Waals surface area contributed by atoms with Crippen LogP contribution in [0.2, 0.25) is 10.0 Å². The third-order valence-electron chi connectivity index (χ3n) is 5.26. The lowest BCUT2D eigenvalue weighted by molar-refractivity contribution is -0.305. The lowest BCUT2D eigenvalue weighted by atomic mass is 9.93. The quantitative estimate of drug-likeness (QED) is 0.543. The van der Waals surface area contributed by atoms with Crippen molar-refractivity contribution in [3.8, 4) is 0 Å². The second-order valence-corrected chi connectivity index (χ2v) is 8.34. The van der Waals surface area contributed by atoms with Crippen LogP contribution in [0.15, 0.2) is 48.5 Å². The van der Waals surface area contributed by atoms with Gasteiger partial charge in [-0.3, -0.25) is 10.1 Å². The number of aliphatic carboxylic acids is 1. The number of carbonyl (C=O) groups excluding carboxylic acids is 2. The van der Waals surface area contributed by atoms with Crippen LogP contribution in [0.1, 0.15) is 48.9 Å². The largest absolute Gasteiger partial charge is 0.550 e. The highest BCUT2D eigenvalue weighted by molar-refractivity contribution is 6.31. The lowest BCUT2D eigenvalue weighted by Gasteiger charge is -2.32. The summed E-state index contributed by atoms with van der Waals surface area (Å²) in [5, 5.41) is 22.3. The number of amides is 1. The molecule has 32 heavy (non-hydrogen) atoms. The summed E-state index contributed by atoms with van der Waals surface area (Å²) in [6.07, 6.45) is 0.688. The third-order valence-corrected chi connectivity index (χ3v) is 5.86. The standard InChI is InChI=1S/C22H21Cl2N5O3/c23-14-10-8-13(9-11-14)17-12-18(15-4-1-2-5-16(15)24)29-22(25-17)27-21(28-29)26-19(30)6-3-7-20(31)32/h1-2,4-5,8-11,17-18H,3,6-7,12H2,(H,31,32)(H2,25,26,27,28,30)/p-1/t17-,18+/m0/s1. The monoisotopic (exact) mass is 472 g/mol. The molecule has 0 saturated carbocycles. The molecule has 10 heteroatoms. The summed E-state index contributed by atoms with van der Waals surface area (Å²) in [5.74, 6) is -0.919. The van der Waals surface area contributed by atoms with Crippen molar-refractivity contribution < 1.29 is 14.7 Å². The van der Waals surface area contributed by atoms with E-state index in [1.807, 2.05) is 48.5 Å². The first-order valence-corrected chi connectivity index (χ1v) is 10.9. The Morgan fingerprint density at radius 3 is 2.59 bits per heavy atom. The molecule has 0 unspecified atom stereocenters. The number of nitrogens with zero attached hydrogens (tertiary/aromatic N) is 3. The van der Waals surface area contributed by atoms with Crippen LogP contribution < -0.4 is 15.7 Å². The van der Waals surface area contributed by atoms with Gasteiger partial charge in [-0.05, 0) is 48.6 Å². The van der Waals surface area contributed by atoms with E-state index in [0.29, 0.717) is 22.4 Å². The molecule has 0 saturated heterocycles.